The first-order chi connectivity index (χ1) is 8.47. The Bertz CT molecular complexity index is 590. The number of aromatic carboxylic acids is 1. The van der Waals surface area contributed by atoms with Gasteiger partial charge in [-0.05, 0) is 19.1 Å². The lowest BCUT2D eigenvalue weighted by Gasteiger charge is -2.06. The van der Waals surface area contributed by atoms with Crippen LogP contribution in [0.5, 0.6) is 0 Å². The zero-order valence-electron chi connectivity index (χ0n) is 9.20. The summed E-state index contributed by atoms with van der Waals surface area (Å²) in [5, 5.41) is 11.5. The number of anilines is 2. The highest BCUT2D eigenvalue weighted by Crippen LogP contribution is 2.27. The molecular weight excluding hydrogens is 262 g/mol. The van der Waals surface area contributed by atoms with Crippen molar-refractivity contribution in [3.63, 3.8) is 0 Å². The molecule has 0 amide bonds. The number of benzene rings is 1. The second-order valence-electron chi connectivity index (χ2n) is 3.52. The lowest BCUT2D eigenvalue weighted by atomic mass is 10.2. The van der Waals surface area contributed by atoms with Gasteiger partial charge in [-0.1, -0.05) is 0 Å². The number of carboxylic acid groups (broad SMARTS) is 1. The van der Waals surface area contributed by atoms with Gasteiger partial charge in [0.15, 0.2) is 16.8 Å². The molecule has 0 aliphatic carbocycles. The molecule has 1 aromatic carbocycles. The fourth-order valence-corrected chi connectivity index (χ4v) is 2.00. The number of aryl methyl sites for hydroxylation is 1. The number of carbonyl (C=O) groups is 1. The van der Waals surface area contributed by atoms with Crippen molar-refractivity contribution in [3.8, 4) is 0 Å². The van der Waals surface area contributed by atoms with Crippen LogP contribution in [0.15, 0.2) is 18.3 Å². The maximum atomic E-state index is 13.6. The van der Waals surface area contributed by atoms with Gasteiger partial charge in [0, 0.05) is 11.1 Å². The van der Waals surface area contributed by atoms with E-state index in [0.717, 1.165) is 17.0 Å². The van der Waals surface area contributed by atoms with Gasteiger partial charge in [0.1, 0.15) is 5.69 Å². The van der Waals surface area contributed by atoms with Crippen LogP contribution in [0.1, 0.15) is 15.2 Å². The molecule has 2 aromatic rings. The second kappa shape index (κ2) is 4.69. The molecule has 4 nitrogen and oxygen atoms in total. The van der Waals surface area contributed by atoms with Crippen molar-refractivity contribution in [2.24, 2.45) is 0 Å². The van der Waals surface area contributed by atoms with Gasteiger partial charge in [0.25, 0.3) is 0 Å². The Morgan fingerprint density at radius 1 is 1.39 bits per heavy atom. The van der Waals surface area contributed by atoms with Gasteiger partial charge in [-0.25, -0.2) is 18.6 Å². The van der Waals surface area contributed by atoms with E-state index in [1.54, 1.807) is 6.20 Å². The van der Waals surface area contributed by atoms with Crippen molar-refractivity contribution < 1.29 is 18.7 Å². The lowest BCUT2D eigenvalue weighted by molar-refractivity contribution is 0.0696. The molecule has 18 heavy (non-hydrogen) atoms. The number of hydrogen-bond acceptors (Lipinski definition) is 4. The number of nitrogens with zero attached hydrogens (tertiary/aromatic N) is 1. The lowest BCUT2D eigenvalue weighted by Crippen LogP contribution is -2.03. The van der Waals surface area contributed by atoms with Crippen LogP contribution < -0.4 is 5.32 Å². The van der Waals surface area contributed by atoms with Gasteiger partial charge in [-0.15, -0.1) is 11.3 Å². The van der Waals surface area contributed by atoms with E-state index in [4.69, 9.17) is 5.11 Å². The quantitative estimate of drug-likeness (QED) is 0.899. The number of halogens is 2. The molecule has 2 rings (SSSR count). The van der Waals surface area contributed by atoms with Crippen molar-refractivity contribution in [1.82, 2.24) is 4.98 Å². The second-order valence-corrected chi connectivity index (χ2v) is 4.76. The summed E-state index contributed by atoms with van der Waals surface area (Å²) in [5.74, 6) is -3.33. The van der Waals surface area contributed by atoms with Gasteiger partial charge >= 0.3 is 5.97 Å². The summed E-state index contributed by atoms with van der Waals surface area (Å²) in [7, 11) is 0. The van der Waals surface area contributed by atoms with E-state index in [1.165, 1.54) is 11.3 Å². The summed E-state index contributed by atoms with van der Waals surface area (Å²) in [5.41, 5.74) is -0.847. The normalized spacial score (nSPS) is 10.4. The molecule has 2 N–H and O–H groups in total. The molecule has 0 spiro atoms. The maximum Gasteiger partial charge on any atom is 0.335 e. The summed E-state index contributed by atoms with van der Waals surface area (Å²) < 4.78 is 27.1. The fourth-order valence-electron chi connectivity index (χ4n) is 1.34. The van der Waals surface area contributed by atoms with Crippen LogP contribution in [-0.4, -0.2) is 16.1 Å². The van der Waals surface area contributed by atoms with E-state index in [9.17, 15) is 13.6 Å². The van der Waals surface area contributed by atoms with Gasteiger partial charge in [-0.3, -0.25) is 0 Å². The van der Waals surface area contributed by atoms with Crippen LogP contribution in [0.3, 0.4) is 0 Å². The Hall–Kier alpha value is -2.02. The van der Waals surface area contributed by atoms with Gasteiger partial charge in [0.05, 0.1) is 5.56 Å². The molecule has 0 radical (unpaired) electrons. The SMILES string of the molecule is Cc1cnc(Nc2c(F)cc(C(=O)O)cc2F)s1. The van der Waals surface area contributed by atoms with Gasteiger partial charge < -0.3 is 10.4 Å². The number of carboxylic acids is 1. The molecule has 0 atom stereocenters. The molecule has 1 aromatic heterocycles. The zero-order chi connectivity index (χ0) is 13.3. The first-order valence-corrected chi connectivity index (χ1v) is 5.71. The Morgan fingerprint density at radius 2 is 2.00 bits per heavy atom. The van der Waals surface area contributed by atoms with E-state index < -0.39 is 28.9 Å². The predicted octanol–water partition coefficient (Wildman–Crippen LogP) is 3.17. The third-order valence-corrected chi connectivity index (χ3v) is 2.97. The molecule has 0 saturated carbocycles. The van der Waals surface area contributed by atoms with Crippen LogP contribution in [0.2, 0.25) is 0 Å². The first kappa shape index (κ1) is 12.4. The highest BCUT2D eigenvalue weighted by molar-refractivity contribution is 7.15. The number of nitrogens with one attached hydrogen (secondary N) is 1. The van der Waals surface area contributed by atoms with Crippen LogP contribution in [0.4, 0.5) is 19.6 Å². The first-order valence-electron chi connectivity index (χ1n) is 4.89. The maximum absolute atomic E-state index is 13.6. The Labute approximate surface area is 105 Å². The Balaban J connectivity index is 2.37. The van der Waals surface area contributed by atoms with Crippen LogP contribution in [0.25, 0.3) is 0 Å². The summed E-state index contributed by atoms with van der Waals surface area (Å²) in [6.07, 6.45) is 1.56. The van der Waals surface area contributed by atoms with Crippen molar-refractivity contribution >= 4 is 28.1 Å². The van der Waals surface area contributed by atoms with E-state index in [-0.39, 0.29) is 0 Å². The van der Waals surface area contributed by atoms with Gasteiger partial charge in [-0.2, -0.15) is 0 Å². The molecule has 0 bridgehead atoms. The Kier molecular flexibility index (Phi) is 3.24. The van der Waals surface area contributed by atoms with E-state index in [1.807, 2.05) is 6.92 Å². The molecule has 0 fully saturated rings. The smallest absolute Gasteiger partial charge is 0.335 e. The Morgan fingerprint density at radius 3 is 2.44 bits per heavy atom. The van der Waals surface area contributed by atoms with Gasteiger partial charge in [0.2, 0.25) is 0 Å². The van der Waals surface area contributed by atoms with Crippen molar-refractivity contribution in [3.05, 3.63) is 40.4 Å². The number of thiazole rings is 1. The summed E-state index contributed by atoms with van der Waals surface area (Å²) in [6.45, 7) is 1.81. The van der Waals surface area contributed by atoms with Crippen molar-refractivity contribution in [1.29, 1.82) is 0 Å². The molecule has 7 heteroatoms. The van der Waals surface area contributed by atoms with Crippen LogP contribution >= 0.6 is 11.3 Å². The van der Waals surface area contributed by atoms with E-state index in [2.05, 4.69) is 10.3 Å². The number of aromatic nitrogens is 1. The average Bonchev–Trinajstić information content (AvgIpc) is 2.69. The summed E-state index contributed by atoms with van der Waals surface area (Å²) in [6, 6.07) is 1.52. The standard InChI is InChI=1S/C11H8F2N2O2S/c1-5-4-14-11(18-5)15-9-7(12)2-6(10(16)17)3-8(9)13/h2-4H,1H3,(H,14,15)(H,16,17). The fraction of sp³-hybridized carbons (Fsp3) is 0.0909. The van der Waals surface area contributed by atoms with E-state index >= 15 is 0 Å². The van der Waals surface area contributed by atoms with Crippen molar-refractivity contribution in [2.75, 3.05) is 5.32 Å². The monoisotopic (exact) mass is 270 g/mol. The van der Waals surface area contributed by atoms with E-state index in [0.29, 0.717) is 5.13 Å². The highest BCUT2D eigenvalue weighted by Gasteiger charge is 2.15. The minimum absolute atomic E-state index is 0.341. The summed E-state index contributed by atoms with van der Waals surface area (Å²) >= 11 is 1.24. The third kappa shape index (κ3) is 2.45. The topological polar surface area (TPSA) is 62.2 Å². The molecule has 0 aliphatic heterocycles. The minimum atomic E-state index is -1.38. The highest BCUT2D eigenvalue weighted by atomic mass is 32.1. The largest absolute Gasteiger partial charge is 0.478 e. The molecule has 1 heterocycles. The molecule has 94 valence electrons. The zero-order valence-corrected chi connectivity index (χ0v) is 10.0. The number of hydrogen-bond donors (Lipinski definition) is 2. The minimum Gasteiger partial charge on any atom is -0.478 e. The molecule has 0 saturated heterocycles. The average molecular weight is 270 g/mol. The number of rotatable bonds is 3. The molecule has 0 aliphatic rings. The van der Waals surface area contributed by atoms with Crippen molar-refractivity contribution in [2.45, 2.75) is 6.92 Å². The molecular formula is C11H8F2N2O2S. The molecule has 0 unspecified atom stereocenters. The predicted molar refractivity (Wildman–Crippen MR) is 63.5 cm³/mol. The summed E-state index contributed by atoms with van der Waals surface area (Å²) in [4.78, 5) is 15.4. The third-order valence-electron chi connectivity index (χ3n) is 2.14. The van der Waals surface area contributed by atoms with Crippen LogP contribution in [-0.2, 0) is 0 Å². The van der Waals surface area contributed by atoms with Crippen LogP contribution in [0, 0.1) is 18.6 Å².